The smallest absolute Gasteiger partial charge is 0.321 e. The lowest BCUT2D eigenvalue weighted by atomic mass is 9.95. The molecule has 1 amide bonds. The van der Waals surface area contributed by atoms with E-state index in [0.717, 1.165) is 0 Å². The summed E-state index contributed by atoms with van der Waals surface area (Å²) >= 11 is 0. The van der Waals surface area contributed by atoms with Gasteiger partial charge in [-0.05, 0) is 0 Å². The lowest BCUT2D eigenvalue weighted by Crippen LogP contribution is -2.60. The van der Waals surface area contributed by atoms with Crippen molar-refractivity contribution in [3.05, 3.63) is 0 Å². The van der Waals surface area contributed by atoms with Gasteiger partial charge in [-0.25, -0.2) is 0 Å². The Bertz CT molecular complexity index is 296. The molecule has 1 aliphatic heterocycles. The van der Waals surface area contributed by atoms with Gasteiger partial charge in [0.15, 0.2) is 0 Å². The summed E-state index contributed by atoms with van der Waals surface area (Å²) in [4.78, 5) is 23.5. The van der Waals surface area contributed by atoms with Crippen LogP contribution < -0.4 is 5.32 Å². The SMILES string of the molecule is CC(=O)N[C@H]1CN(CCO)[C@H](C(=O)O)C[C@@H]1O. The highest BCUT2D eigenvalue weighted by Gasteiger charge is 2.38. The van der Waals surface area contributed by atoms with Crippen LogP contribution in [0.3, 0.4) is 0 Å². The van der Waals surface area contributed by atoms with Crippen molar-refractivity contribution in [3.8, 4) is 0 Å². The maximum Gasteiger partial charge on any atom is 0.321 e. The summed E-state index contributed by atoms with van der Waals surface area (Å²) < 4.78 is 0. The number of hydrogen-bond donors (Lipinski definition) is 4. The third-order valence-corrected chi connectivity index (χ3v) is 2.86. The minimum absolute atomic E-state index is 0.0419. The molecule has 0 aromatic heterocycles. The zero-order chi connectivity index (χ0) is 13.0. The Morgan fingerprint density at radius 2 is 2.12 bits per heavy atom. The molecule has 1 rings (SSSR count). The number of piperidine rings is 1. The summed E-state index contributed by atoms with van der Waals surface area (Å²) in [7, 11) is 0. The van der Waals surface area contributed by atoms with Crippen LogP contribution in [0.4, 0.5) is 0 Å². The number of aliphatic hydroxyl groups is 2. The average molecular weight is 246 g/mol. The van der Waals surface area contributed by atoms with Crippen LogP contribution >= 0.6 is 0 Å². The molecule has 4 N–H and O–H groups in total. The fraction of sp³-hybridized carbons (Fsp3) is 0.800. The number of carboxylic acid groups (broad SMARTS) is 1. The minimum atomic E-state index is -1.03. The second-order valence-corrected chi connectivity index (χ2v) is 4.18. The van der Waals surface area contributed by atoms with E-state index in [-0.39, 0.29) is 32.0 Å². The number of aliphatic hydroxyl groups excluding tert-OH is 2. The summed E-state index contributed by atoms with van der Waals surface area (Å²) in [6.45, 7) is 1.61. The van der Waals surface area contributed by atoms with Crippen molar-refractivity contribution in [2.45, 2.75) is 31.5 Å². The molecule has 1 aliphatic rings. The molecule has 1 heterocycles. The van der Waals surface area contributed by atoms with Crippen LogP contribution in [-0.2, 0) is 9.59 Å². The highest BCUT2D eigenvalue weighted by atomic mass is 16.4. The number of β-amino-alcohol motifs (C(OH)–C–C–N with tert-alkyl or cyclic N) is 1. The largest absolute Gasteiger partial charge is 0.480 e. The topological polar surface area (TPSA) is 110 Å². The molecule has 0 aromatic carbocycles. The van der Waals surface area contributed by atoms with Gasteiger partial charge >= 0.3 is 5.97 Å². The summed E-state index contributed by atoms with van der Waals surface area (Å²) in [5.74, 6) is -1.30. The highest BCUT2D eigenvalue weighted by molar-refractivity contribution is 5.75. The summed E-state index contributed by atoms with van der Waals surface area (Å²) in [6, 6.07) is -1.31. The van der Waals surface area contributed by atoms with E-state index in [9.17, 15) is 14.7 Å². The Balaban J connectivity index is 2.71. The van der Waals surface area contributed by atoms with Crippen molar-refractivity contribution in [1.82, 2.24) is 10.2 Å². The molecule has 0 bridgehead atoms. The first-order valence-corrected chi connectivity index (χ1v) is 5.48. The summed E-state index contributed by atoms with van der Waals surface area (Å²) in [5.41, 5.74) is 0. The second-order valence-electron chi connectivity index (χ2n) is 4.18. The first kappa shape index (κ1) is 13.9. The van der Waals surface area contributed by atoms with Gasteiger partial charge in [0.05, 0.1) is 18.8 Å². The molecular formula is C10H18N2O5. The Morgan fingerprint density at radius 3 is 2.59 bits per heavy atom. The van der Waals surface area contributed by atoms with Crippen LogP contribution in [0, 0.1) is 0 Å². The van der Waals surface area contributed by atoms with Crippen molar-refractivity contribution in [3.63, 3.8) is 0 Å². The highest BCUT2D eigenvalue weighted by Crippen LogP contribution is 2.18. The molecule has 3 atom stereocenters. The van der Waals surface area contributed by atoms with Gasteiger partial charge in [0, 0.05) is 26.4 Å². The fourth-order valence-corrected chi connectivity index (χ4v) is 2.08. The number of hydrogen-bond acceptors (Lipinski definition) is 5. The first-order valence-electron chi connectivity index (χ1n) is 5.48. The third-order valence-electron chi connectivity index (χ3n) is 2.86. The van der Waals surface area contributed by atoms with Crippen LogP contribution in [-0.4, -0.2) is 70.0 Å². The van der Waals surface area contributed by atoms with Gasteiger partial charge in [-0.2, -0.15) is 0 Å². The fourth-order valence-electron chi connectivity index (χ4n) is 2.08. The molecule has 0 unspecified atom stereocenters. The molecular weight excluding hydrogens is 228 g/mol. The van der Waals surface area contributed by atoms with Crippen LogP contribution in [0.25, 0.3) is 0 Å². The molecule has 7 heteroatoms. The Kier molecular flexibility index (Phi) is 4.86. The number of carbonyl (C=O) groups excluding carboxylic acids is 1. The number of carbonyl (C=O) groups is 2. The Hall–Kier alpha value is -1.18. The van der Waals surface area contributed by atoms with E-state index in [4.69, 9.17) is 10.2 Å². The number of carboxylic acids is 1. The number of nitrogens with zero attached hydrogens (tertiary/aromatic N) is 1. The van der Waals surface area contributed by atoms with E-state index < -0.39 is 24.2 Å². The zero-order valence-corrected chi connectivity index (χ0v) is 9.67. The molecule has 0 aromatic rings. The maximum atomic E-state index is 11.0. The van der Waals surface area contributed by atoms with Crippen molar-refractivity contribution in [1.29, 1.82) is 0 Å². The number of rotatable bonds is 4. The van der Waals surface area contributed by atoms with E-state index in [0.29, 0.717) is 0 Å². The van der Waals surface area contributed by atoms with E-state index in [2.05, 4.69) is 5.32 Å². The van der Waals surface area contributed by atoms with Crippen LogP contribution in [0.15, 0.2) is 0 Å². The summed E-state index contributed by atoms with van der Waals surface area (Å²) in [5, 5.41) is 30.2. The predicted octanol–water partition coefficient (Wildman–Crippen LogP) is -2.00. The molecule has 98 valence electrons. The van der Waals surface area contributed by atoms with E-state index in [1.807, 2.05) is 0 Å². The lowest BCUT2D eigenvalue weighted by Gasteiger charge is -2.40. The van der Waals surface area contributed by atoms with Gasteiger partial charge in [0.2, 0.25) is 5.91 Å². The number of aliphatic carboxylic acids is 1. The van der Waals surface area contributed by atoms with Crippen molar-refractivity contribution in [2.75, 3.05) is 19.7 Å². The van der Waals surface area contributed by atoms with Crippen molar-refractivity contribution >= 4 is 11.9 Å². The van der Waals surface area contributed by atoms with Crippen molar-refractivity contribution in [2.24, 2.45) is 0 Å². The van der Waals surface area contributed by atoms with Crippen LogP contribution in [0.1, 0.15) is 13.3 Å². The molecule has 7 nitrogen and oxygen atoms in total. The van der Waals surface area contributed by atoms with E-state index >= 15 is 0 Å². The Morgan fingerprint density at radius 1 is 1.47 bits per heavy atom. The maximum absolute atomic E-state index is 11.0. The first-order chi connectivity index (χ1) is 7.95. The minimum Gasteiger partial charge on any atom is -0.480 e. The molecule has 0 spiro atoms. The molecule has 17 heavy (non-hydrogen) atoms. The average Bonchev–Trinajstić information content (AvgIpc) is 2.21. The van der Waals surface area contributed by atoms with Gasteiger partial charge in [-0.1, -0.05) is 0 Å². The standard InChI is InChI=1S/C10H18N2O5/c1-6(14)11-7-5-12(2-3-13)8(10(16)17)4-9(7)15/h7-9,13,15H,2-5H2,1H3,(H,11,14)(H,16,17)/t7-,8-,9-/m0/s1. The zero-order valence-electron chi connectivity index (χ0n) is 9.67. The predicted molar refractivity (Wildman–Crippen MR) is 58.3 cm³/mol. The van der Waals surface area contributed by atoms with Gasteiger partial charge in [-0.3, -0.25) is 14.5 Å². The second kappa shape index (κ2) is 5.95. The number of nitrogens with one attached hydrogen (secondary N) is 1. The lowest BCUT2D eigenvalue weighted by molar-refractivity contribution is -0.147. The number of amides is 1. The normalized spacial score (nSPS) is 29.9. The van der Waals surface area contributed by atoms with Gasteiger partial charge in [0.25, 0.3) is 0 Å². The molecule has 0 aliphatic carbocycles. The molecule has 1 fully saturated rings. The van der Waals surface area contributed by atoms with Crippen LogP contribution in [0.5, 0.6) is 0 Å². The van der Waals surface area contributed by atoms with Crippen LogP contribution in [0.2, 0.25) is 0 Å². The monoisotopic (exact) mass is 246 g/mol. The molecule has 0 saturated carbocycles. The molecule has 1 saturated heterocycles. The number of likely N-dealkylation sites (tertiary alicyclic amines) is 1. The van der Waals surface area contributed by atoms with Gasteiger partial charge in [-0.15, -0.1) is 0 Å². The summed E-state index contributed by atoms with van der Waals surface area (Å²) in [6.07, 6.45) is -0.838. The van der Waals surface area contributed by atoms with Crippen molar-refractivity contribution < 1.29 is 24.9 Å². The van der Waals surface area contributed by atoms with Gasteiger partial charge in [0.1, 0.15) is 6.04 Å². The third kappa shape index (κ3) is 3.65. The van der Waals surface area contributed by atoms with E-state index in [1.54, 1.807) is 4.90 Å². The molecule has 0 radical (unpaired) electrons. The Labute approximate surface area is 99.0 Å². The quantitative estimate of drug-likeness (QED) is 0.457. The van der Waals surface area contributed by atoms with E-state index in [1.165, 1.54) is 6.92 Å². The van der Waals surface area contributed by atoms with Gasteiger partial charge < -0.3 is 20.6 Å².